The molecule has 1 heterocycles. The molecule has 1 N–H and O–H groups in total. The van der Waals surface area contributed by atoms with Gasteiger partial charge in [-0.05, 0) is 55.5 Å². The average molecular weight is 331 g/mol. The first-order valence-electron chi connectivity index (χ1n) is 6.80. The Bertz CT molecular complexity index is 766. The largest absolute Gasteiger partial charge is 0.497 e. The SMILES string of the molecule is COc1ccc(-c2nc(Nc3ccc(Cl)cc3)sc2C)cc1. The standard InChI is InChI=1S/C17H15ClN2OS/c1-11-16(12-3-9-15(21-2)10-4-12)20-17(22-11)19-14-7-5-13(18)6-8-14/h3-10H,1-2H3,(H,19,20). The lowest BCUT2D eigenvalue weighted by Crippen LogP contribution is -1.89. The monoisotopic (exact) mass is 330 g/mol. The van der Waals surface area contributed by atoms with Crippen molar-refractivity contribution in [1.29, 1.82) is 0 Å². The summed E-state index contributed by atoms with van der Waals surface area (Å²) in [5.41, 5.74) is 3.04. The predicted octanol–water partition coefficient (Wildman–Crippen LogP) is 5.52. The van der Waals surface area contributed by atoms with Crippen molar-refractivity contribution in [2.45, 2.75) is 6.92 Å². The summed E-state index contributed by atoms with van der Waals surface area (Å²) in [5.74, 6) is 0.844. The normalized spacial score (nSPS) is 10.5. The summed E-state index contributed by atoms with van der Waals surface area (Å²) in [6.45, 7) is 2.07. The minimum absolute atomic E-state index is 0.722. The van der Waals surface area contributed by atoms with Gasteiger partial charge in [-0.2, -0.15) is 0 Å². The third-order valence-electron chi connectivity index (χ3n) is 3.26. The molecule has 0 spiro atoms. The second-order valence-corrected chi connectivity index (χ2v) is 6.42. The van der Waals surface area contributed by atoms with Crippen LogP contribution in [0, 0.1) is 6.92 Å². The topological polar surface area (TPSA) is 34.1 Å². The van der Waals surface area contributed by atoms with E-state index in [9.17, 15) is 0 Å². The smallest absolute Gasteiger partial charge is 0.187 e. The van der Waals surface area contributed by atoms with Gasteiger partial charge in [0.15, 0.2) is 5.13 Å². The van der Waals surface area contributed by atoms with Gasteiger partial charge in [0, 0.05) is 21.2 Å². The number of methoxy groups -OCH3 is 1. The summed E-state index contributed by atoms with van der Waals surface area (Å²) >= 11 is 7.53. The number of aromatic nitrogens is 1. The van der Waals surface area contributed by atoms with Gasteiger partial charge in [-0.25, -0.2) is 4.98 Å². The molecule has 0 unspecified atom stereocenters. The highest BCUT2D eigenvalue weighted by molar-refractivity contribution is 7.16. The first-order chi connectivity index (χ1) is 10.7. The number of ether oxygens (including phenoxy) is 1. The van der Waals surface area contributed by atoms with Crippen LogP contribution in [0.15, 0.2) is 48.5 Å². The molecule has 1 aromatic heterocycles. The number of hydrogen-bond acceptors (Lipinski definition) is 4. The zero-order valence-electron chi connectivity index (χ0n) is 12.3. The minimum atomic E-state index is 0.722. The molecule has 112 valence electrons. The van der Waals surface area contributed by atoms with Crippen molar-refractivity contribution in [3.05, 3.63) is 58.4 Å². The Morgan fingerprint density at radius 2 is 1.73 bits per heavy atom. The predicted molar refractivity (Wildman–Crippen MR) is 93.6 cm³/mol. The lowest BCUT2D eigenvalue weighted by molar-refractivity contribution is 0.415. The van der Waals surface area contributed by atoms with Crippen molar-refractivity contribution in [1.82, 2.24) is 4.98 Å². The average Bonchev–Trinajstić information content (AvgIpc) is 2.90. The molecule has 0 aliphatic heterocycles. The van der Waals surface area contributed by atoms with E-state index in [2.05, 4.69) is 17.2 Å². The van der Waals surface area contributed by atoms with E-state index in [0.29, 0.717) is 0 Å². The molecule has 3 nitrogen and oxygen atoms in total. The van der Waals surface area contributed by atoms with Gasteiger partial charge < -0.3 is 10.1 Å². The summed E-state index contributed by atoms with van der Waals surface area (Å²) < 4.78 is 5.19. The Morgan fingerprint density at radius 3 is 2.36 bits per heavy atom. The van der Waals surface area contributed by atoms with Gasteiger partial charge in [-0.3, -0.25) is 0 Å². The van der Waals surface area contributed by atoms with Gasteiger partial charge in [0.05, 0.1) is 12.8 Å². The highest BCUT2D eigenvalue weighted by Crippen LogP contribution is 2.32. The molecule has 0 aliphatic rings. The van der Waals surface area contributed by atoms with E-state index in [1.807, 2.05) is 48.5 Å². The molecule has 0 fully saturated rings. The van der Waals surface area contributed by atoms with Gasteiger partial charge >= 0.3 is 0 Å². The highest BCUT2D eigenvalue weighted by Gasteiger charge is 2.10. The second kappa shape index (κ2) is 6.38. The van der Waals surface area contributed by atoms with Gasteiger partial charge in [0.2, 0.25) is 0 Å². The van der Waals surface area contributed by atoms with E-state index >= 15 is 0 Å². The van der Waals surface area contributed by atoms with Crippen molar-refractivity contribution in [3.8, 4) is 17.0 Å². The summed E-state index contributed by atoms with van der Waals surface area (Å²) in [6, 6.07) is 15.5. The molecule has 0 saturated heterocycles. The minimum Gasteiger partial charge on any atom is -0.497 e. The van der Waals surface area contributed by atoms with Gasteiger partial charge in [0.25, 0.3) is 0 Å². The molecule has 0 radical (unpaired) electrons. The van der Waals surface area contributed by atoms with E-state index < -0.39 is 0 Å². The number of nitrogens with zero attached hydrogens (tertiary/aromatic N) is 1. The Hall–Kier alpha value is -2.04. The van der Waals surface area contributed by atoms with Crippen LogP contribution in [0.1, 0.15) is 4.88 Å². The van der Waals surface area contributed by atoms with Gasteiger partial charge in [-0.15, -0.1) is 11.3 Å². The molecular formula is C17H15ClN2OS. The maximum Gasteiger partial charge on any atom is 0.187 e. The highest BCUT2D eigenvalue weighted by atomic mass is 35.5. The van der Waals surface area contributed by atoms with Gasteiger partial charge in [-0.1, -0.05) is 11.6 Å². The Kier molecular flexibility index (Phi) is 4.32. The van der Waals surface area contributed by atoms with Crippen LogP contribution in [0.4, 0.5) is 10.8 Å². The zero-order chi connectivity index (χ0) is 15.5. The van der Waals surface area contributed by atoms with Crippen LogP contribution >= 0.6 is 22.9 Å². The third kappa shape index (κ3) is 3.24. The maximum absolute atomic E-state index is 5.90. The first-order valence-corrected chi connectivity index (χ1v) is 7.99. The molecule has 3 aromatic rings. The van der Waals surface area contributed by atoms with Crippen molar-refractivity contribution in [3.63, 3.8) is 0 Å². The number of benzene rings is 2. The van der Waals surface area contributed by atoms with E-state index in [-0.39, 0.29) is 0 Å². The number of nitrogens with one attached hydrogen (secondary N) is 1. The number of thiazole rings is 1. The summed E-state index contributed by atoms with van der Waals surface area (Å²) in [7, 11) is 1.66. The van der Waals surface area contributed by atoms with Crippen LogP contribution in [0.3, 0.4) is 0 Å². The molecule has 0 aliphatic carbocycles. The number of rotatable bonds is 4. The molecule has 0 bridgehead atoms. The van der Waals surface area contributed by atoms with E-state index in [1.54, 1.807) is 18.4 Å². The molecule has 5 heteroatoms. The fraction of sp³-hybridized carbons (Fsp3) is 0.118. The number of halogens is 1. The third-order valence-corrected chi connectivity index (χ3v) is 4.39. The fourth-order valence-electron chi connectivity index (χ4n) is 2.12. The zero-order valence-corrected chi connectivity index (χ0v) is 13.8. The summed E-state index contributed by atoms with van der Waals surface area (Å²) in [4.78, 5) is 5.86. The maximum atomic E-state index is 5.90. The van der Waals surface area contributed by atoms with Crippen LogP contribution in [0.2, 0.25) is 5.02 Å². The summed E-state index contributed by atoms with van der Waals surface area (Å²) in [5, 5.41) is 4.90. The molecule has 0 amide bonds. The Morgan fingerprint density at radius 1 is 1.05 bits per heavy atom. The molecule has 3 rings (SSSR count). The van der Waals surface area contributed by atoms with Crippen LogP contribution in [-0.4, -0.2) is 12.1 Å². The van der Waals surface area contributed by atoms with Crippen LogP contribution in [-0.2, 0) is 0 Å². The number of aryl methyl sites for hydroxylation is 1. The Labute approximate surface area is 138 Å². The van der Waals surface area contributed by atoms with E-state index in [0.717, 1.165) is 32.8 Å². The van der Waals surface area contributed by atoms with Crippen molar-refractivity contribution in [2.75, 3.05) is 12.4 Å². The first kappa shape index (κ1) is 14.9. The van der Waals surface area contributed by atoms with E-state index in [4.69, 9.17) is 16.3 Å². The number of anilines is 2. The molecule has 22 heavy (non-hydrogen) atoms. The molecular weight excluding hydrogens is 316 g/mol. The van der Waals surface area contributed by atoms with Crippen molar-refractivity contribution < 1.29 is 4.74 Å². The van der Waals surface area contributed by atoms with Crippen LogP contribution in [0.25, 0.3) is 11.3 Å². The second-order valence-electron chi connectivity index (χ2n) is 4.78. The lowest BCUT2D eigenvalue weighted by Gasteiger charge is -2.02. The lowest BCUT2D eigenvalue weighted by atomic mass is 10.1. The van der Waals surface area contributed by atoms with Crippen molar-refractivity contribution >= 4 is 33.8 Å². The quantitative estimate of drug-likeness (QED) is 0.683. The fourth-order valence-corrected chi connectivity index (χ4v) is 3.11. The van der Waals surface area contributed by atoms with Crippen molar-refractivity contribution in [2.24, 2.45) is 0 Å². The van der Waals surface area contributed by atoms with Crippen LogP contribution in [0.5, 0.6) is 5.75 Å². The molecule has 0 saturated carbocycles. The van der Waals surface area contributed by atoms with Gasteiger partial charge in [0.1, 0.15) is 5.75 Å². The van der Waals surface area contributed by atoms with Crippen LogP contribution < -0.4 is 10.1 Å². The molecule has 2 aromatic carbocycles. The Balaban J connectivity index is 1.85. The molecule has 0 atom stereocenters. The number of hydrogen-bond donors (Lipinski definition) is 1. The summed E-state index contributed by atoms with van der Waals surface area (Å²) in [6.07, 6.45) is 0. The van der Waals surface area contributed by atoms with E-state index in [1.165, 1.54) is 4.88 Å².